The molecule has 26 heavy (non-hydrogen) atoms. The number of furan rings is 1. The van der Waals surface area contributed by atoms with Crippen LogP contribution in [-0.4, -0.2) is 26.8 Å². The lowest BCUT2D eigenvalue weighted by molar-refractivity contribution is 0.0524. The maximum absolute atomic E-state index is 12.5. The molecule has 3 heterocycles. The molecule has 0 radical (unpaired) electrons. The van der Waals surface area contributed by atoms with Crippen molar-refractivity contribution in [2.75, 3.05) is 6.61 Å². The van der Waals surface area contributed by atoms with Gasteiger partial charge in [-0.1, -0.05) is 6.08 Å². The van der Waals surface area contributed by atoms with Gasteiger partial charge in [-0.25, -0.2) is 9.31 Å². The van der Waals surface area contributed by atoms with E-state index in [1.54, 1.807) is 42.8 Å². The molecule has 0 unspecified atom stereocenters. The number of carbonyl (C=O) groups excluding carboxylic acids is 1. The Balaban J connectivity index is 2.59. The molecule has 9 heteroatoms. The average molecular weight is 369 g/mol. The van der Waals surface area contributed by atoms with Gasteiger partial charge in [-0.05, 0) is 38.2 Å². The van der Waals surface area contributed by atoms with E-state index < -0.39 is 5.97 Å². The second kappa shape index (κ2) is 6.85. The highest BCUT2D eigenvalue weighted by atomic mass is 32.1. The number of allylic oxidation sites excluding steroid dienone is 1. The van der Waals surface area contributed by atoms with Gasteiger partial charge in [0.1, 0.15) is 23.0 Å². The van der Waals surface area contributed by atoms with Gasteiger partial charge < -0.3 is 9.15 Å². The van der Waals surface area contributed by atoms with Crippen molar-refractivity contribution < 1.29 is 13.9 Å². The molecule has 0 bridgehead atoms. The van der Waals surface area contributed by atoms with Gasteiger partial charge in [0.15, 0.2) is 15.9 Å². The number of rotatable bonds is 4. The molecular weight excluding hydrogens is 354 g/mol. The lowest BCUT2D eigenvalue weighted by Crippen LogP contribution is -2.27. The van der Waals surface area contributed by atoms with Crippen LogP contribution in [0.5, 0.6) is 0 Å². The molecule has 3 aromatic heterocycles. The van der Waals surface area contributed by atoms with Crippen molar-refractivity contribution in [2.45, 2.75) is 13.8 Å². The van der Waals surface area contributed by atoms with E-state index in [1.165, 1.54) is 10.8 Å². The fraction of sp³-hybridized carbons (Fsp3) is 0.176. The molecule has 0 saturated heterocycles. The first-order chi connectivity index (χ1) is 12.5. The summed E-state index contributed by atoms with van der Waals surface area (Å²) in [5.74, 6) is -0.423. The van der Waals surface area contributed by atoms with Crippen molar-refractivity contribution in [2.24, 2.45) is 0 Å². The van der Waals surface area contributed by atoms with Gasteiger partial charge in [-0.2, -0.15) is 5.26 Å². The molecule has 0 aromatic carbocycles. The Hall–Kier alpha value is -3.38. The Morgan fingerprint density at radius 3 is 2.92 bits per heavy atom. The lowest BCUT2D eigenvalue weighted by Gasteiger charge is -2.11. The third kappa shape index (κ3) is 2.57. The highest BCUT2D eigenvalue weighted by Crippen LogP contribution is 2.29. The number of aromatic nitrogens is 3. The predicted octanol–water partition coefficient (Wildman–Crippen LogP) is 3.08. The standard InChI is InChI=1S/C17H15N5O3S/c1-3-7-21-15-10(9-18)12(11-6-5-8-25-11)13(16(23)24-4-2)14(19)22(15)20-17(21)26/h3,5-8,19H,4H2,1-2H3,(H,20,26)/b7-3+,19-14?. The summed E-state index contributed by atoms with van der Waals surface area (Å²) in [5, 5.41) is 21.2. The first-order valence-electron chi connectivity index (χ1n) is 7.76. The quantitative estimate of drug-likeness (QED) is 0.542. The minimum Gasteiger partial charge on any atom is -0.464 e. The van der Waals surface area contributed by atoms with Gasteiger partial charge in [0.25, 0.3) is 0 Å². The summed E-state index contributed by atoms with van der Waals surface area (Å²) in [5.41, 5.74) is 0.427. The molecule has 0 saturated carbocycles. The number of hydrogen-bond donors (Lipinski definition) is 2. The molecule has 8 nitrogen and oxygen atoms in total. The molecule has 0 amide bonds. The Kier molecular flexibility index (Phi) is 4.60. The van der Waals surface area contributed by atoms with Crippen LogP contribution in [0.1, 0.15) is 29.8 Å². The summed E-state index contributed by atoms with van der Waals surface area (Å²) in [4.78, 5) is 12.5. The van der Waals surface area contributed by atoms with Gasteiger partial charge >= 0.3 is 5.97 Å². The number of carbonyl (C=O) groups is 1. The van der Waals surface area contributed by atoms with Crippen LogP contribution in [0, 0.1) is 21.5 Å². The second-order valence-corrected chi connectivity index (χ2v) is 5.60. The van der Waals surface area contributed by atoms with Gasteiger partial charge in [-0.15, -0.1) is 0 Å². The number of H-pyrrole nitrogens is 1. The molecular formula is C17H15N5O3S. The highest BCUT2D eigenvalue weighted by Gasteiger charge is 2.27. The van der Waals surface area contributed by atoms with Crippen LogP contribution in [0.3, 0.4) is 0 Å². The van der Waals surface area contributed by atoms with Crippen LogP contribution in [0.25, 0.3) is 23.2 Å². The fourth-order valence-corrected chi connectivity index (χ4v) is 2.97. The Morgan fingerprint density at radius 2 is 2.35 bits per heavy atom. The molecule has 0 spiro atoms. The molecule has 0 aliphatic carbocycles. The van der Waals surface area contributed by atoms with E-state index in [4.69, 9.17) is 26.8 Å². The first kappa shape index (κ1) is 17.4. The maximum atomic E-state index is 12.5. The largest absolute Gasteiger partial charge is 0.464 e. The van der Waals surface area contributed by atoms with Crippen molar-refractivity contribution in [3.05, 3.63) is 45.9 Å². The number of nitrogens with zero attached hydrogens (tertiary/aromatic N) is 3. The fourth-order valence-electron chi connectivity index (χ4n) is 2.73. The number of nitriles is 1. The van der Waals surface area contributed by atoms with Crippen molar-refractivity contribution in [3.63, 3.8) is 0 Å². The highest BCUT2D eigenvalue weighted by molar-refractivity contribution is 7.71. The van der Waals surface area contributed by atoms with Crippen LogP contribution < -0.4 is 5.49 Å². The van der Waals surface area contributed by atoms with Crippen molar-refractivity contribution in [3.8, 4) is 17.4 Å². The number of fused-ring (bicyclic) bond motifs is 1. The van der Waals surface area contributed by atoms with E-state index >= 15 is 0 Å². The molecule has 3 aromatic rings. The normalized spacial score (nSPS) is 11.1. The molecule has 0 aliphatic heterocycles. The number of hydrogen-bond acceptors (Lipinski definition) is 6. The van der Waals surface area contributed by atoms with Crippen LogP contribution >= 0.6 is 12.2 Å². The number of esters is 1. The second-order valence-electron chi connectivity index (χ2n) is 5.21. The summed E-state index contributed by atoms with van der Waals surface area (Å²) in [6.07, 6.45) is 4.85. The smallest absolute Gasteiger partial charge is 0.342 e. The average Bonchev–Trinajstić information content (AvgIpc) is 3.25. The third-order valence-corrected chi connectivity index (χ3v) is 4.00. The number of aromatic amines is 1. The Morgan fingerprint density at radius 1 is 1.58 bits per heavy atom. The van der Waals surface area contributed by atoms with Crippen molar-refractivity contribution in [1.29, 1.82) is 10.7 Å². The van der Waals surface area contributed by atoms with Gasteiger partial charge in [-0.3, -0.25) is 15.1 Å². The monoisotopic (exact) mass is 369 g/mol. The summed E-state index contributed by atoms with van der Waals surface area (Å²) in [7, 11) is 0. The molecule has 0 atom stereocenters. The van der Waals surface area contributed by atoms with Crippen LogP contribution in [0.15, 0.2) is 28.9 Å². The number of pyridine rings is 1. The molecule has 0 aliphatic rings. The van der Waals surface area contributed by atoms with Gasteiger partial charge in [0.2, 0.25) is 0 Å². The van der Waals surface area contributed by atoms with E-state index in [1.807, 2.05) is 0 Å². The zero-order valence-corrected chi connectivity index (χ0v) is 14.9. The Bertz CT molecular complexity index is 1170. The molecule has 132 valence electrons. The Labute approximate surface area is 153 Å². The van der Waals surface area contributed by atoms with E-state index in [9.17, 15) is 10.1 Å². The lowest BCUT2D eigenvalue weighted by atomic mass is 10.0. The van der Waals surface area contributed by atoms with E-state index in [0.717, 1.165) is 0 Å². The van der Waals surface area contributed by atoms with E-state index in [0.29, 0.717) is 11.4 Å². The minimum atomic E-state index is -0.715. The van der Waals surface area contributed by atoms with Crippen molar-refractivity contribution >= 4 is 30.0 Å². The third-order valence-electron chi connectivity index (χ3n) is 3.71. The predicted molar refractivity (Wildman–Crippen MR) is 95.8 cm³/mol. The number of nitrogens with one attached hydrogen (secondary N) is 2. The van der Waals surface area contributed by atoms with Gasteiger partial charge in [0, 0.05) is 6.20 Å². The number of ether oxygens (including phenoxy) is 1. The van der Waals surface area contributed by atoms with Crippen LogP contribution in [-0.2, 0) is 4.74 Å². The maximum Gasteiger partial charge on any atom is 0.342 e. The topological polar surface area (TPSA) is 112 Å². The van der Waals surface area contributed by atoms with Crippen molar-refractivity contribution in [1.82, 2.24) is 14.2 Å². The first-order valence-corrected chi connectivity index (χ1v) is 8.17. The summed E-state index contributed by atoms with van der Waals surface area (Å²) >= 11 is 5.29. The SMILES string of the molecule is C/C=C/n1c(=S)[nH]n2c(=N)c(C(=O)OCC)c(-c3ccco3)c(C#N)c12. The van der Waals surface area contributed by atoms with E-state index in [2.05, 4.69) is 11.2 Å². The zero-order chi connectivity index (χ0) is 18.8. The zero-order valence-electron chi connectivity index (χ0n) is 14.1. The summed E-state index contributed by atoms with van der Waals surface area (Å²) < 4.78 is 13.7. The summed E-state index contributed by atoms with van der Waals surface area (Å²) in [6.45, 7) is 3.61. The van der Waals surface area contributed by atoms with Gasteiger partial charge in [0.05, 0.1) is 18.4 Å². The molecule has 0 fully saturated rings. The van der Waals surface area contributed by atoms with E-state index in [-0.39, 0.29) is 33.6 Å². The van der Waals surface area contributed by atoms with Crippen LogP contribution in [0.4, 0.5) is 0 Å². The van der Waals surface area contributed by atoms with Crippen LogP contribution in [0.2, 0.25) is 0 Å². The summed E-state index contributed by atoms with van der Waals surface area (Å²) in [6, 6.07) is 5.37. The molecule has 3 rings (SSSR count). The minimum absolute atomic E-state index is 0.0697. The molecule has 2 N–H and O–H groups in total.